The Morgan fingerprint density at radius 2 is 1.74 bits per heavy atom. The summed E-state index contributed by atoms with van der Waals surface area (Å²) in [6, 6.07) is 22.0. The molecule has 0 spiro atoms. The number of benzene rings is 2. The number of para-hydroxylation sites is 1. The average molecular weight is 359 g/mol. The lowest BCUT2D eigenvalue weighted by atomic mass is 10.1. The van der Waals surface area contributed by atoms with Gasteiger partial charge in [0.15, 0.2) is 0 Å². The van der Waals surface area contributed by atoms with Crippen LogP contribution in [0, 0.1) is 0 Å². The Balaban J connectivity index is 1.78. The molecule has 3 aromatic rings. The number of hydrogen-bond donors (Lipinski definition) is 1. The number of hydrogen-bond acceptors (Lipinski definition) is 3. The summed E-state index contributed by atoms with van der Waals surface area (Å²) in [7, 11) is 0. The van der Waals surface area contributed by atoms with Gasteiger partial charge in [0.05, 0.1) is 0 Å². The summed E-state index contributed by atoms with van der Waals surface area (Å²) < 4.78 is 0. The lowest BCUT2D eigenvalue weighted by molar-refractivity contribution is 0.102. The Kier molecular flexibility index (Phi) is 6.21. The first-order valence-corrected chi connectivity index (χ1v) is 9.35. The van der Waals surface area contributed by atoms with Crippen LogP contribution in [0.15, 0.2) is 72.9 Å². The van der Waals surface area contributed by atoms with Crippen molar-refractivity contribution < 1.29 is 4.79 Å². The highest BCUT2D eigenvalue weighted by atomic mass is 16.1. The maximum absolute atomic E-state index is 12.7. The van der Waals surface area contributed by atoms with E-state index in [1.54, 1.807) is 6.20 Å². The Morgan fingerprint density at radius 1 is 1.00 bits per heavy atom. The maximum Gasteiger partial charge on any atom is 0.274 e. The van der Waals surface area contributed by atoms with E-state index >= 15 is 0 Å². The molecular formula is C23H25N3O. The summed E-state index contributed by atoms with van der Waals surface area (Å²) in [6.07, 6.45) is 2.56. The molecule has 0 fully saturated rings. The summed E-state index contributed by atoms with van der Waals surface area (Å²) in [5, 5.41) is 2.99. The molecule has 0 aliphatic rings. The van der Waals surface area contributed by atoms with E-state index in [0.29, 0.717) is 5.69 Å². The minimum absolute atomic E-state index is 0.187. The van der Waals surface area contributed by atoms with Crippen LogP contribution < -0.4 is 10.2 Å². The zero-order chi connectivity index (χ0) is 19.1. The molecule has 0 bridgehead atoms. The van der Waals surface area contributed by atoms with E-state index in [-0.39, 0.29) is 5.91 Å². The van der Waals surface area contributed by atoms with Crippen molar-refractivity contribution in [2.45, 2.75) is 26.8 Å². The molecule has 0 aliphatic heterocycles. The monoisotopic (exact) mass is 359 g/mol. The molecule has 0 atom stereocenters. The van der Waals surface area contributed by atoms with E-state index in [1.165, 1.54) is 5.56 Å². The number of rotatable bonds is 7. The molecule has 0 radical (unpaired) electrons. The van der Waals surface area contributed by atoms with Crippen molar-refractivity contribution in [2.75, 3.05) is 16.8 Å². The summed E-state index contributed by atoms with van der Waals surface area (Å²) in [4.78, 5) is 19.2. The maximum atomic E-state index is 12.7. The van der Waals surface area contributed by atoms with Crippen molar-refractivity contribution in [2.24, 2.45) is 0 Å². The Bertz CT molecular complexity index is 893. The molecule has 0 aliphatic carbocycles. The molecular weight excluding hydrogens is 334 g/mol. The fourth-order valence-corrected chi connectivity index (χ4v) is 3.07. The number of nitrogens with one attached hydrogen (secondary N) is 1. The van der Waals surface area contributed by atoms with Crippen molar-refractivity contribution in [3.63, 3.8) is 0 Å². The lowest BCUT2D eigenvalue weighted by Crippen LogP contribution is -2.23. The van der Waals surface area contributed by atoms with E-state index in [0.717, 1.165) is 36.4 Å². The van der Waals surface area contributed by atoms with Crippen molar-refractivity contribution in [3.8, 4) is 0 Å². The van der Waals surface area contributed by atoms with Gasteiger partial charge >= 0.3 is 0 Å². The first kappa shape index (κ1) is 18.6. The number of anilines is 2. The molecule has 138 valence electrons. The molecule has 0 saturated carbocycles. The number of carbonyl (C=O) groups is 1. The van der Waals surface area contributed by atoms with E-state index < -0.39 is 0 Å². The van der Waals surface area contributed by atoms with Crippen LogP contribution in [0.3, 0.4) is 0 Å². The normalized spacial score (nSPS) is 10.4. The zero-order valence-corrected chi connectivity index (χ0v) is 15.9. The van der Waals surface area contributed by atoms with Gasteiger partial charge in [-0.25, -0.2) is 0 Å². The van der Waals surface area contributed by atoms with Crippen LogP contribution in [0.25, 0.3) is 0 Å². The molecule has 1 amide bonds. The third kappa shape index (κ3) is 4.73. The molecule has 2 aromatic carbocycles. The first-order valence-electron chi connectivity index (χ1n) is 9.35. The second-order valence-electron chi connectivity index (χ2n) is 6.36. The molecule has 27 heavy (non-hydrogen) atoms. The van der Waals surface area contributed by atoms with Crippen molar-refractivity contribution >= 4 is 17.3 Å². The van der Waals surface area contributed by atoms with Crippen molar-refractivity contribution in [1.29, 1.82) is 0 Å². The van der Waals surface area contributed by atoms with E-state index in [9.17, 15) is 4.79 Å². The number of aromatic nitrogens is 1. The molecule has 0 saturated heterocycles. The van der Waals surface area contributed by atoms with Crippen molar-refractivity contribution in [3.05, 3.63) is 89.7 Å². The molecule has 3 rings (SSSR count). The smallest absolute Gasteiger partial charge is 0.274 e. The highest BCUT2D eigenvalue weighted by molar-refractivity contribution is 6.03. The number of nitrogens with zero attached hydrogens (tertiary/aromatic N) is 2. The highest BCUT2D eigenvalue weighted by Gasteiger charge is 2.13. The van der Waals surface area contributed by atoms with Gasteiger partial charge in [0.2, 0.25) is 0 Å². The third-order valence-electron chi connectivity index (χ3n) is 4.59. The van der Waals surface area contributed by atoms with Crippen molar-refractivity contribution in [1.82, 2.24) is 4.98 Å². The Morgan fingerprint density at radius 3 is 2.48 bits per heavy atom. The quantitative estimate of drug-likeness (QED) is 0.651. The van der Waals surface area contributed by atoms with Crippen LogP contribution in [-0.2, 0) is 13.0 Å². The number of pyridine rings is 1. The summed E-state index contributed by atoms with van der Waals surface area (Å²) in [6.45, 7) is 5.83. The van der Waals surface area contributed by atoms with E-state index in [1.807, 2.05) is 54.6 Å². The van der Waals surface area contributed by atoms with Gasteiger partial charge in [-0.05, 0) is 42.7 Å². The van der Waals surface area contributed by atoms with Gasteiger partial charge < -0.3 is 10.2 Å². The summed E-state index contributed by atoms with van der Waals surface area (Å²) >= 11 is 0. The van der Waals surface area contributed by atoms with Gasteiger partial charge in [-0.1, -0.05) is 55.5 Å². The molecule has 1 heterocycles. The average Bonchev–Trinajstić information content (AvgIpc) is 2.73. The Labute approximate surface area is 160 Å². The van der Waals surface area contributed by atoms with Gasteiger partial charge in [-0.2, -0.15) is 0 Å². The fourth-order valence-electron chi connectivity index (χ4n) is 3.07. The topological polar surface area (TPSA) is 45.2 Å². The van der Waals surface area contributed by atoms with Gasteiger partial charge in [0, 0.05) is 30.7 Å². The first-order chi connectivity index (χ1) is 13.2. The molecule has 1 aromatic heterocycles. The minimum Gasteiger partial charge on any atom is -0.367 e. The van der Waals surface area contributed by atoms with Gasteiger partial charge in [-0.15, -0.1) is 0 Å². The lowest BCUT2D eigenvalue weighted by Gasteiger charge is -2.23. The fraction of sp³-hybridized carbons (Fsp3) is 0.217. The molecule has 4 nitrogen and oxygen atoms in total. The van der Waals surface area contributed by atoms with Crippen LogP contribution in [0.2, 0.25) is 0 Å². The van der Waals surface area contributed by atoms with Gasteiger partial charge in [-0.3, -0.25) is 9.78 Å². The molecule has 0 unspecified atom stereocenters. The second kappa shape index (κ2) is 8.99. The van der Waals surface area contributed by atoms with Crippen LogP contribution >= 0.6 is 0 Å². The summed E-state index contributed by atoms with van der Waals surface area (Å²) in [5.74, 6) is -0.187. The second-order valence-corrected chi connectivity index (χ2v) is 6.36. The van der Waals surface area contributed by atoms with Crippen LogP contribution in [-0.4, -0.2) is 17.4 Å². The molecule has 4 heteroatoms. The van der Waals surface area contributed by atoms with Gasteiger partial charge in [0.1, 0.15) is 5.69 Å². The molecule has 1 N–H and O–H groups in total. The number of amides is 1. The predicted molar refractivity (Wildman–Crippen MR) is 111 cm³/mol. The van der Waals surface area contributed by atoms with Crippen LogP contribution in [0.4, 0.5) is 11.4 Å². The largest absolute Gasteiger partial charge is 0.367 e. The number of aryl methyl sites for hydroxylation is 1. The SMILES string of the molecule is CCc1ccccc1NC(=O)c1cc(N(CC)Cc2ccccc2)ccn1. The zero-order valence-electron chi connectivity index (χ0n) is 15.9. The van der Waals surface area contributed by atoms with Gasteiger partial charge in [0.25, 0.3) is 5.91 Å². The predicted octanol–water partition coefficient (Wildman–Crippen LogP) is 4.92. The van der Waals surface area contributed by atoms with Crippen LogP contribution in [0.5, 0.6) is 0 Å². The Hall–Kier alpha value is -3.14. The highest BCUT2D eigenvalue weighted by Crippen LogP contribution is 2.20. The van der Waals surface area contributed by atoms with E-state index in [4.69, 9.17) is 0 Å². The summed E-state index contributed by atoms with van der Waals surface area (Å²) in [5.41, 5.74) is 4.60. The van der Waals surface area contributed by atoms with E-state index in [2.05, 4.69) is 41.2 Å². The number of carbonyl (C=O) groups excluding carboxylic acids is 1. The minimum atomic E-state index is -0.187. The van der Waals surface area contributed by atoms with Crippen LogP contribution in [0.1, 0.15) is 35.5 Å². The standard InChI is InChI=1S/C23H25N3O/c1-3-19-12-8-9-13-21(19)25-23(27)22-16-20(14-15-24-22)26(4-2)17-18-10-6-5-7-11-18/h5-16H,3-4,17H2,1-2H3,(H,25,27). The third-order valence-corrected chi connectivity index (χ3v) is 4.59.